The first kappa shape index (κ1) is 7.54. The first-order valence-electron chi connectivity index (χ1n) is 4.71. The van der Waals surface area contributed by atoms with Gasteiger partial charge in [-0.25, -0.2) is 0 Å². The smallest absolute Gasteiger partial charge is 0.110 e. The summed E-state index contributed by atoms with van der Waals surface area (Å²) in [4.78, 5) is 0. The fourth-order valence-corrected chi connectivity index (χ4v) is 2.28. The van der Waals surface area contributed by atoms with Crippen molar-refractivity contribution in [1.29, 1.82) is 0 Å². The summed E-state index contributed by atoms with van der Waals surface area (Å²) >= 11 is 0. The predicted molar refractivity (Wildman–Crippen MR) is 48.2 cm³/mol. The third kappa shape index (κ3) is 0.901. The van der Waals surface area contributed by atoms with Crippen LogP contribution in [0.5, 0.6) is 0 Å². The second-order valence-electron chi connectivity index (χ2n) is 3.95. The van der Waals surface area contributed by atoms with Gasteiger partial charge in [0, 0.05) is 5.92 Å². The van der Waals surface area contributed by atoms with Gasteiger partial charge in [0.25, 0.3) is 0 Å². The number of rotatable bonds is 0. The van der Waals surface area contributed by atoms with Crippen LogP contribution < -0.4 is 0 Å². The van der Waals surface area contributed by atoms with Crippen molar-refractivity contribution in [3.05, 3.63) is 35.4 Å². The molecule has 1 aromatic carbocycles. The molecule has 68 valence electrons. The van der Waals surface area contributed by atoms with E-state index in [0.29, 0.717) is 0 Å². The molecule has 4 atom stereocenters. The van der Waals surface area contributed by atoms with Gasteiger partial charge in [-0.3, -0.25) is 0 Å². The number of fused-ring (bicyclic) bond motifs is 3. The molecule has 0 radical (unpaired) electrons. The Morgan fingerprint density at radius 3 is 2.69 bits per heavy atom. The number of hydrogen-bond donors (Lipinski definition) is 1. The van der Waals surface area contributed by atoms with Crippen LogP contribution >= 0.6 is 0 Å². The van der Waals surface area contributed by atoms with Crippen LogP contribution in [0, 0.1) is 5.92 Å². The summed E-state index contributed by atoms with van der Waals surface area (Å²) in [5.41, 5.74) is 2.23. The topological polar surface area (TPSA) is 32.8 Å². The van der Waals surface area contributed by atoms with E-state index in [1.807, 2.05) is 25.1 Å². The fraction of sp³-hybridized carbons (Fsp3) is 0.455. The van der Waals surface area contributed by atoms with Crippen LogP contribution in [0.15, 0.2) is 24.3 Å². The maximum atomic E-state index is 9.95. The van der Waals surface area contributed by atoms with Gasteiger partial charge in [0.2, 0.25) is 0 Å². The molecule has 0 saturated carbocycles. The van der Waals surface area contributed by atoms with E-state index in [-0.39, 0.29) is 24.2 Å². The third-order valence-electron chi connectivity index (χ3n) is 3.16. The van der Waals surface area contributed by atoms with Crippen LogP contribution in [0.1, 0.15) is 30.3 Å². The average Bonchev–Trinajstić information content (AvgIpc) is 2.94. The van der Waals surface area contributed by atoms with E-state index in [9.17, 15) is 5.11 Å². The minimum atomic E-state index is -0.347. The summed E-state index contributed by atoms with van der Waals surface area (Å²) in [7, 11) is 0. The van der Waals surface area contributed by atoms with E-state index in [2.05, 4.69) is 6.07 Å². The van der Waals surface area contributed by atoms with Gasteiger partial charge in [-0.15, -0.1) is 0 Å². The average molecular weight is 176 g/mol. The number of epoxide rings is 1. The molecular formula is C11H12O2. The Morgan fingerprint density at radius 1 is 1.23 bits per heavy atom. The normalized spacial score (nSPS) is 40.8. The molecule has 3 rings (SSSR count). The van der Waals surface area contributed by atoms with Crippen molar-refractivity contribution in [3.8, 4) is 0 Å². The summed E-state index contributed by atoms with van der Waals surface area (Å²) < 4.78 is 5.53. The van der Waals surface area contributed by atoms with E-state index in [4.69, 9.17) is 4.74 Å². The highest BCUT2D eigenvalue weighted by Gasteiger charge is 2.51. The molecule has 4 unspecified atom stereocenters. The molecule has 0 aromatic heterocycles. The van der Waals surface area contributed by atoms with Crippen LogP contribution in [0.2, 0.25) is 0 Å². The Bertz CT molecular complexity index is 348. The Hall–Kier alpha value is -0.860. The number of benzene rings is 1. The first-order valence-corrected chi connectivity index (χ1v) is 4.71. The van der Waals surface area contributed by atoms with Crippen molar-refractivity contribution in [2.24, 2.45) is 5.92 Å². The molecule has 2 nitrogen and oxygen atoms in total. The number of aliphatic hydroxyl groups is 1. The van der Waals surface area contributed by atoms with Gasteiger partial charge in [0.1, 0.15) is 6.10 Å². The zero-order chi connectivity index (χ0) is 9.00. The lowest BCUT2D eigenvalue weighted by molar-refractivity contribution is 0.0981. The molecule has 1 aromatic rings. The largest absolute Gasteiger partial charge is 0.388 e. The van der Waals surface area contributed by atoms with Gasteiger partial charge < -0.3 is 9.84 Å². The maximum absolute atomic E-state index is 9.95. The standard InChI is InChI=1S/C11H12O2/c1-6-9(12)7-4-2-3-5-8(7)11-10(6)13-11/h2-6,9-12H,1H3. The molecule has 1 aliphatic carbocycles. The van der Waals surface area contributed by atoms with Gasteiger partial charge in [-0.05, 0) is 11.1 Å². The molecule has 1 saturated heterocycles. The van der Waals surface area contributed by atoms with Crippen LogP contribution in [0.25, 0.3) is 0 Å². The molecule has 13 heavy (non-hydrogen) atoms. The number of aliphatic hydroxyl groups excluding tert-OH is 1. The fourth-order valence-electron chi connectivity index (χ4n) is 2.28. The summed E-state index contributed by atoms with van der Waals surface area (Å²) in [5.74, 6) is 0.236. The van der Waals surface area contributed by atoms with Crippen molar-refractivity contribution in [2.45, 2.75) is 25.2 Å². The Morgan fingerprint density at radius 2 is 1.92 bits per heavy atom. The highest BCUT2D eigenvalue weighted by Crippen LogP contribution is 2.53. The van der Waals surface area contributed by atoms with Crippen LogP contribution in [-0.4, -0.2) is 11.2 Å². The van der Waals surface area contributed by atoms with E-state index in [0.717, 1.165) is 5.56 Å². The number of hydrogen-bond acceptors (Lipinski definition) is 2. The SMILES string of the molecule is CC1C(O)c2ccccc2C2OC21. The second kappa shape index (κ2) is 2.34. The zero-order valence-corrected chi connectivity index (χ0v) is 7.47. The van der Waals surface area contributed by atoms with Gasteiger partial charge in [0.15, 0.2) is 0 Å². The van der Waals surface area contributed by atoms with Crippen LogP contribution in [0.3, 0.4) is 0 Å². The van der Waals surface area contributed by atoms with Crippen molar-refractivity contribution in [2.75, 3.05) is 0 Å². The van der Waals surface area contributed by atoms with E-state index >= 15 is 0 Å². The summed E-state index contributed by atoms with van der Waals surface area (Å²) in [6.45, 7) is 2.05. The first-order chi connectivity index (χ1) is 6.29. The molecule has 2 heteroatoms. The molecule has 1 N–H and O–H groups in total. The van der Waals surface area contributed by atoms with Crippen LogP contribution in [-0.2, 0) is 4.74 Å². The minimum Gasteiger partial charge on any atom is -0.388 e. The van der Waals surface area contributed by atoms with Gasteiger partial charge in [0.05, 0.1) is 12.2 Å². The maximum Gasteiger partial charge on any atom is 0.110 e. The quantitative estimate of drug-likeness (QED) is 0.611. The third-order valence-corrected chi connectivity index (χ3v) is 3.16. The second-order valence-corrected chi connectivity index (χ2v) is 3.95. The van der Waals surface area contributed by atoms with E-state index in [1.54, 1.807) is 0 Å². The highest BCUT2D eigenvalue weighted by atomic mass is 16.6. The van der Waals surface area contributed by atoms with Crippen molar-refractivity contribution in [3.63, 3.8) is 0 Å². The van der Waals surface area contributed by atoms with E-state index < -0.39 is 0 Å². The molecule has 0 amide bonds. The molecule has 1 fully saturated rings. The highest BCUT2D eigenvalue weighted by molar-refractivity contribution is 5.38. The molecule has 0 bridgehead atoms. The lowest BCUT2D eigenvalue weighted by Crippen LogP contribution is -2.20. The van der Waals surface area contributed by atoms with Crippen molar-refractivity contribution >= 4 is 0 Å². The summed E-state index contributed by atoms with van der Waals surface area (Å²) in [6, 6.07) is 8.02. The molecule has 0 spiro atoms. The van der Waals surface area contributed by atoms with Crippen LogP contribution in [0.4, 0.5) is 0 Å². The lowest BCUT2D eigenvalue weighted by Gasteiger charge is -2.23. The minimum absolute atomic E-state index is 0.236. The van der Waals surface area contributed by atoms with Gasteiger partial charge >= 0.3 is 0 Å². The molecule has 1 heterocycles. The molecule has 1 aliphatic heterocycles. The lowest BCUT2D eigenvalue weighted by atomic mass is 9.83. The number of ether oxygens (including phenoxy) is 1. The van der Waals surface area contributed by atoms with E-state index in [1.165, 1.54) is 5.56 Å². The Labute approximate surface area is 77.2 Å². The Kier molecular flexibility index (Phi) is 1.35. The van der Waals surface area contributed by atoms with Gasteiger partial charge in [-0.1, -0.05) is 31.2 Å². The summed E-state index contributed by atoms with van der Waals surface area (Å²) in [6.07, 6.45) is 0.166. The zero-order valence-electron chi connectivity index (χ0n) is 7.47. The van der Waals surface area contributed by atoms with Crippen molar-refractivity contribution < 1.29 is 9.84 Å². The molecular weight excluding hydrogens is 164 g/mol. The van der Waals surface area contributed by atoms with Crippen molar-refractivity contribution in [1.82, 2.24) is 0 Å². The summed E-state index contributed by atoms with van der Waals surface area (Å²) in [5, 5.41) is 9.95. The Balaban J connectivity index is 2.14. The molecule has 2 aliphatic rings. The monoisotopic (exact) mass is 176 g/mol. The predicted octanol–water partition coefficient (Wildman–Crippen LogP) is 1.81. The van der Waals surface area contributed by atoms with Gasteiger partial charge in [-0.2, -0.15) is 0 Å².